The van der Waals surface area contributed by atoms with Crippen molar-refractivity contribution in [1.29, 1.82) is 0 Å². The number of carboxylic acid groups (broad SMARTS) is 1. The average molecular weight is 164 g/mol. The Hall–Kier alpha value is -1.85. The van der Waals surface area contributed by atoms with Crippen LogP contribution < -0.4 is 0 Å². The fourth-order valence-corrected chi connectivity index (χ4v) is 0.934. The van der Waals surface area contributed by atoms with E-state index in [0.29, 0.717) is 11.4 Å². The third-order valence-electron chi connectivity index (χ3n) is 1.54. The number of carbonyl (C=O) groups is 1. The van der Waals surface area contributed by atoms with Gasteiger partial charge in [0.05, 0.1) is 6.20 Å². The van der Waals surface area contributed by atoms with Gasteiger partial charge in [0.25, 0.3) is 0 Å². The van der Waals surface area contributed by atoms with E-state index < -0.39 is 5.97 Å². The molecule has 0 aromatic rings. The molecular weight excluding hydrogens is 160 g/mol. The fraction of sp³-hybridized carbons (Fsp3) is 0.167. The molecule has 0 aromatic heterocycles. The molecule has 0 aliphatic carbocycles. The molecule has 2 aliphatic heterocycles. The van der Waals surface area contributed by atoms with Crippen molar-refractivity contribution < 1.29 is 9.90 Å². The van der Waals surface area contributed by atoms with Gasteiger partial charge in [0.2, 0.25) is 0 Å². The lowest BCUT2D eigenvalue weighted by molar-refractivity contribution is -0.129. The minimum atomic E-state index is -1.03. The van der Waals surface area contributed by atoms with Gasteiger partial charge in [0.15, 0.2) is 0 Å². The zero-order valence-corrected chi connectivity index (χ0v) is 5.93. The Morgan fingerprint density at radius 2 is 2.42 bits per heavy atom. The second-order valence-electron chi connectivity index (χ2n) is 2.31. The number of rotatable bonds is 1. The maximum atomic E-state index is 10.5. The van der Waals surface area contributed by atoms with Crippen LogP contribution in [0.5, 0.6) is 0 Å². The smallest absolute Gasteiger partial charge is 0.350 e. The van der Waals surface area contributed by atoms with E-state index in [2.05, 4.69) is 20.4 Å². The van der Waals surface area contributed by atoms with E-state index in [0.717, 1.165) is 0 Å². The van der Waals surface area contributed by atoms with Gasteiger partial charge in [0, 0.05) is 6.42 Å². The number of hydrogen-bond acceptors (Lipinski definition) is 5. The van der Waals surface area contributed by atoms with E-state index in [1.807, 2.05) is 0 Å². The minimum Gasteiger partial charge on any atom is -0.477 e. The first-order chi connectivity index (χ1) is 5.77. The van der Waals surface area contributed by atoms with E-state index in [-0.39, 0.29) is 12.1 Å². The largest absolute Gasteiger partial charge is 0.477 e. The van der Waals surface area contributed by atoms with E-state index in [1.54, 1.807) is 0 Å². The molecule has 0 amide bonds. The summed E-state index contributed by atoms with van der Waals surface area (Å²) in [6.45, 7) is 0. The summed E-state index contributed by atoms with van der Waals surface area (Å²) in [5.41, 5.74) is 1.20. The number of aliphatic imine (C=N–C) groups is 1. The standard InChI is InChI=1S/C6H4N4O2/c11-6(12)4-1-3-5(2-7-4)9-10-8-3/h2H,1H2,(H,11,12). The Morgan fingerprint density at radius 1 is 1.58 bits per heavy atom. The first-order valence-corrected chi connectivity index (χ1v) is 3.25. The van der Waals surface area contributed by atoms with Crippen LogP contribution in [-0.2, 0) is 4.79 Å². The molecule has 0 aromatic carbocycles. The number of fused-ring (bicyclic) bond motifs is 1. The van der Waals surface area contributed by atoms with E-state index >= 15 is 0 Å². The SMILES string of the molecule is O=C(O)C1=NC=C2N=NN=C2C1. The van der Waals surface area contributed by atoms with Gasteiger partial charge in [-0.3, -0.25) is 4.99 Å². The highest BCUT2D eigenvalue weighted by Gasteiger charge is 2.22. The third-order valence-corrected chi connectivity index (χ3v) is 1.54. The van der Waals surface area contributed by atoms with Gasteiger partial charge in [-0.15, -0.1) is 10.2 Å². The number of allylic oxidation sites excluding steroid dienone is 1. The Balaban J connectivity index is 2.33. The van der Waals surface area contributed by atoms with E-state index in [4.69, 9.17) is 5.11 Å². The Labute approximate surface area is 67.0 Å². The first-order valence-electron chi connectivity index (χ1n) is 3.25. The Bertz CT molecular complexity index is 364. The predicted octanol–water partition coefficient (Wildman–Crippen LogP) is 0.579. The van der Waals surface area contributed by atoms with Crippen LogP contribution in [0, 0.1) is 0 Å². The lowest BCUT2D eigenvalue weighted by Gasteiger charge is -2.04. The van der Waals surface area contributed by atoms with Crippen LogP contribution in [0.25, 0.3) is 0 Å². The summed E-state index contributed by atoms with van der Waals surface area (Å²) in [6, 6.07) is 0. The summed E-state index contributed by atoms with van der Waals surface area (Å²) in [7, 11) is 0. The lowest BCUT2D eigenvalue weighted by Crippen LogP contribution is -2.20. The third kappa shape index (κ3) is 0.931. The Morgan fingerprint density at radius 3 is 3.17 bits per heavy atom. The maximum absolute atomic E-state index is 10.5. The zero-order valence-electron chi connectivity index (χ0n) is 5.93. The van der Waals surface area contributed by atoms with Crippen molar-refractivity contribution in [3.8, 4) is 0 Å². The molecule has 0 radical (unpaired) electrons. The second kappa shape index (κ2) is 2.33. The van der Waals surface area contributed by atoms with Crippen LogP contribution >= 0.6 is 0 Å². The monoisotopic (exact) mass is 164 g/mol. The van der Waals surface area contributed by atoms with Crippen molar-refractivity contribution in [2.45, 2.75) is 6.42 Å². The average Bonchev–Trinajstić information content (AvgIpc) is 2.49. The predicted molar refractivity (Wildman–Crippen MR) is 40.1 cm³/mol. The zero-order chi connectivity index (χ0) is 8.55. The van der Waals surface area contributed by atoms with Gasteiger partial charge in [-0.2, -0.15) is 0 Å². The normalized spacial score (nSPS) is 19.5. The van der Waals surface area contributed by atoms with Gasteiger partial charge in [0.1, 0.15) is 17.1 Å². The topological polar surface area (TPSA) is 86.7 Å². The fourth-order valence-electron chi connectivity index (χ4n) is 0.934. The maximum Gasteiger partial charge on any atom is 0.350 e. The highest BCUT2D eigenvalue weighted by atomic mass is 16.4. The molecule has 0 fully saturated rings. The molecule has 2 heterocycles. The van der Waals surface area contributed by atoms with Crippen LogP contribution in [0.4, 0.5) is 0 Å². The molecule has 0 saturated heterocycles. The van der Waals surface area contributed by atoms with Gasteiger partial charge in [-0.1, -0.05) is 0 Å². The van der Waals surface area contributed by atoms with Crippen LogP contribution in [0.2, 0.25) is 0 Å². The molecule has 2 aliphatic rings. The molecular formula is C6H4N4O2. The molecule has 60 valence electrons. The molecule has 0 unspecified atom stereocenters. The summed E-state index contributed by atoms with van der Waals surface area (Å²) in [5, 5.41) is 19.3. The van der Waals surface area contributed by atoms with Crippen molar-refractivity contribution in [2.75, 3.05) is 0 Å². The summed E-state index contributed by atoms with van der Waals surface area (Å²) in [5.74, 6) is -1.03. The molecule has 6 heteroatoms. The molecule has 0 bridgehead atoms. The summed E-state index contributed by atoms with van der Waals surface area (Å²) < 4.78 is 0. The number of aliphatic carboxylic acids is 1. The van der Waals surface area contributed by atoms with Crippen LogP contribution in [0.3, 0.4) is 0 Å². The summed E-state index contributed by atoms with van der Waals surface area (Å²) in [6.07, 6.45) is 1.57. The van der Waals surface area contributed by atoms with Gasteiger partial charge in [-0.05, 0) is 5.22 Å². The van der Waals surface area contributed by atoms with Crippen LogP contribution in [-0.4, -0.2) is 22.5 Å². The Kier molecular flexibility index (Phi) is 1.33. The number of nitrogens with zero attached hydrogens (tertiary/aromatic N) is 4. The highest BCUT2D eigenvalue weighted by Crippen LogP contribution is 2.17. The number of hydrogen-bond donors (Lipinski definition) is 1. The van der Waals surface area contributed by atoms with Crippen molar-refractivity contribution in [2.24, 2.45) is 20.4 Å². The highest BCUT2D eigenvalue weighted by molar-refractivity contribution is 6.41. The van der Waals surface area contributed by atoms with E-state index in [1.165, 1.54) is 6.20 Å². The molecule has 6 nitrogen and oxygen atoms in total. The molecule has 1 N–H and O–H groups in total. The van der Waals surface area contributed by atoms with Crippen molar-refractivity contribution in [3.05, 3.63) is 11.9 Å². The molecule has 0 saturated carbocycles. The minimum absolute atomic E-state index is 0.0739. The van der Waals surface area contributed by atoms with Gasteiger partial charge in [-0.25, -0.2) is 4.79 Å². The molecule has 2 rings (SSSR count). The summed E-state index contributed by atoms with van der Waals surface area (Å²) in [4.78, 5) is 14.2. The summed E-state index contributed by atoms with van der Waals surface area (Å²) >= 11 is 0. The quantitative estimate of drug-likeness (QED) is 0.614. The van der Waals surface area contributed by atoms with Crippen LogP contribution in [0.15, 0.2) is 32.3 Å². The molecule has 0 spiro atoms. The van der Waals surface area contributed by atoms with Crippen molar-refractivity contribution in [3.63, 3.8) is 0 Å². The van der Waals surface area contributed by atoms with Gasteiger partial charge < -0.3 is 5.11 Å². The number of carboxylic acids is 1. The van der Waals surface area contributed by atoms with Crippen molar-refractivity contribution >= 4 is 17.4 Å². The second-order valence-corrected chi connectivity index (χ2v) is 2.31. The van der Waals surface area contributed by atoms with Gasteiger partial charge >= 0.3 is 5.97 Å². The van der Waals surface area contributed by atoms with E-state index in [9.17, 15) is 4.79 Å². The molecule has 0 atom stereocenters. The van der Waals surface area contributed by atoms with Crippen molar-refractivity contribution in [1.82, 2.24) is 0 Å². The van der Waals surface area contributed by atoms with Crippen LogP contribution in [0.1, 0.15) is 6.42 Å². The lowest BCUT2D eigenvalue weighted by atomic mass is 10.1. The molecule has 12 heavy (non-hydrogen) atoms. The first kappa shape index (κ1) is 6.84.